The molecule has 3 rings (SSSR count). The summed E-state index contributed by atoms with van der Waals surface area (Å²) in [6.45, 7) is -0.465. The minimum Gasteiger partial charge on any atom is -0.394 e. The number of hydrogen-bond acceptors (Lipinski definition) is 6. The average Bonchev–Trinajstić information content (AvgIpc) is 2.97. The monoisotopic (exact) mass is 358 g/mol. The second kappa shape index (κ2) is 6.31. The van der Waals surface area contributed by atoms with Gasteiger partial charge in [-0.15, -0.1) is 0 Å². The molecule has 0 radical (unpaired) electrons. The Bertz CT molecular complexity index is 645. The highest BCUT2D eigenvalue weighted by molar-refractivity contribution is 7.80. The summed E-state index contributed by atoms with van der Waals surface area (Å²) < 4.78 is 5.48. The fourth-order valence-electron chi connectivity index (χ4n) is 2.84. The third-order valence-electron chi connectivity index (χ3n) is 3.98. The molecule has 7 nitrogen and oxygen atoms in total. The van der Waals surface area contributed by atoms with Crippen LogP contribution in [0.1, 0.15) is 11.6 Å². The minimum absolute atomic E-state index is 0.0646. The van der Waals surface area contributed by atoms with Gasteiger partial charge in [0, 0.05) is 10.6 Å². The van der Waals surface area contributed by atoms with Crippen molar-refractivity contribution < 1.29 is 24.9 Å². The van der Waals surface area contributed by atoms with Crippen LogP contribution in [0, 0.1) is 0 Å². The fraction of sp³-hybridized carbons (Fsp3) is 0.429. The standard InChI is InChI=1S/C14H15ClN2O5S/c15-7-4-2-1-3-6(7)9-12(21)16-14(23)17(9)13-11(20)10(19)8(5-18)22-13/h1-4,8-11,13,18-20H,5H2,(H,16,21,23)/t8-,9?,10-,11-,13-/m1/s1. The summed E-state index contributed by atoms with van der Waals surface area (Å²) in [5.41, 5.74) is 0.504. The Labute approximate surface area is 142 Å². The van der Waals surface area contributed by atoms with Crippen molar-refractivity contribution in [2.45, 2.75) is 30.6 Å². The van der Waals surface area contributed by atoms with Crippen molar-refractivity contribution >= 4 is 34.8 Å². The molecule has 0 aliphatic carbocycles. The number of hydrogen-bond donors (Lipinski definition) is 4. The van der Waals surface area contributed by atoms with Gasteiger partial charge in [0.1, 0.15) is 24.4 Å². The summed E-state index contributed by atoms with van der Waals surface area (Å²) in [4.78, 5) is 13.7. The van der Waals surface area contributed by atoms with Crippen molar-refractivity contribution in [1.29, 1.82) is 0 Å². The molecule has 4 N–H and O–H groups in total. The van der Waals surface area contributed by atoms with Gasteiger partial charge in [-0.05, 0) is 18.3 Å². The number of aliphatic hydroxyl groups is 3. The van der Waals surface area contributed by atoms with Crippen LogP contribution in [0.25, 0.3) is 0 Å². The van der Waals surface area contributed by atoms with Crippen molar-refractivity contribution in [3.05, 3.63) is 34.9 Å². The van der Waals surface area contributed by atoms with Gasteiger partial charge in [0.05, 0.1) is 6.61 Å². The zero-order chi connectivity index (χ0) is 16.7. The van der Waals surface area contributed by atoms with Crippen LogP contribution < -0.4 is 5.32 Å². The van der Waals surface area contributed by atoms with Crippen molar-refractivity contribution in [2.24, 2.45) is 0 Å². The number of nitrogens with zero attached hydrogens (tertiary/aromatic N) is 1. The first-order valence-electron chi connectivity index (χ1n) is 6.95. The van der Waals surface area contributed by atoms with Crippen LogP contribution in [0.3, 0.4) is 0 Å². The van der Waals surface area contributed by atoms with E-state index in [1.54, 1.807) is 24.3 Å². The highest BCUT2D eigenvalue weighted by atomic mass is 35.5. The van der Waals surface area contributed by atoms with Crippen molar-refractivity contribution in [2.75, 3.05) is 6.61 Å². The number of aliphatic hydroxyl groups excluding tert-OH is 3. The van der Waals surface area contributed by atoms with Crippen molar-refractivity contribution in [3.63, 3.8) is 0 Å². The Hall–Kier alpha value is -1.29. The highest BCUT2D eigenvalue weighted by Crippen LogP contribution is 2.36. The third-order valence-corrected chi connectivity index (χ3v) is 4.64. The molecule has 0 bridgehead atoms. The SMILES string of the molecule is O=C1NC(=S)N([C@@H]2O[C@H](CO)[C@@H](O)[C@H]2O)C1c1ccccc1Cl. The van der Waals surface area contributed by atoms with Crippen LogP contribution in [0.15, 0.2) is 24.3 Å². The van der Waals surface area contributed by atoms with E-state index in [-0.39, 0.29) is 5.11 Å². The Balaban J connectivity index is 1.98. The van der Waals surface area contributed by atoms with E-state index in [1.807, 2.05) is 0 Å². The summed E-state index contributed by atoms with van der Waals surface area (Å²) in [6, 6.07) is 5.88. The molecule has 1 amide bonds. The summed E-state index contributed by atoms with van der Waals surface area (Å²) in [7, 11) is 0. The third kappa shape index (κ3) is 2.71. The fourth-order valence-corrected chi connectivity index (χ4v) is 3.39. The van der Waals surface area contributed by atoms with Crippen LogP contribution in [0.2, 0.25) is 5.02 Å². The van der Waals surface area contributed by atoms with E-state index in [2.05, 4.69) is 5.32 Å². The first-order chi connectivity index (χ1) is 11.0. The Kier molecular flexibility index (Phi) is 4.54. The van der Waals surface area contributed by atoms with E-state index in [4.69, 9.17) is 28.6 Å². The van der Waals surface area contributed by atoms with Crippen LogP contribution >= 0.6 is 23.8 Å². The lowest BCUT2D eigenvalue weighted by atomic mass is 10.0. The number of benzene rings is 1. The van der Waals surface area contributed by atoms with E-state index in [1.165, 1.54) is 4.90 Å². The van der Waals surface area contributed by atoms with Gasteiger partial charge in [-0.1, -0.05) is 29.8 Å². The van der Waals surface area contributed by atoms with Crippen LogP contribution in [-0.4, -0.2) is 62.4 Å². The predicted molar refractivity (Wildman–Crippen MR) is 84.5 cm³/mol. The topological polar surface area (TPSA) is 102 Å². The maximum absolute atomic E-state index is 12.3. The van der Waals surface area contributed by atoms with Gasteiger partial charge >= 0.3 is 0 Å². The van der Waals surface area contributed by atoms with E-state index >= 15 is 0 Å². The summed E-state index contributed by atoms with van der Waals surface area (Å²) in [5.74, 6) is -0.402. The molecule has 1 unspecified atom stereocenters. The number of halogens is 1. The summed E-state index contributed by atoms with van der Waals surface area (Å²) in [5, 5.41) is 32.3. The Morgan fingerprint density at radius 3 is 2.61 bits per heavy atom. The zero-order valence-corrected chi connectivity index (χ0v) is 13.4. The zero-order valence-electron chi connectivity index (χ0n) is 11.8. The molecule has 2 aliphatic heterocycles. The van der Waals surface area contributed by atoms with Gasteiger partial charge in [0.15, 0.2) is 11.3 Å². The molecule has 124 valence electrons. The molecule has 2 heterocycles. The molecule has 2 fully saturated rings. The number of carbonyl (C=O) groups is 1. The van der Waals surface area contributed by atoms with Gasteiger partial charge in [-0.3, -0.25) is 4.79 Å². The Morgan fingerprint density at radius 2 is 2.00 bits per heavy atom. The molecule has 1 aromatic carbocycles. The van der Waals surface area contributed by atoms with Crippen LogP contribution in [0.5, 0.6) is 0 Å². The predicted octanol–water partition coefficient (Wildman–Crippen LogP) is -0.463. The van der Waals surface area contributed by atoms with E-state index in [9.17, 15) is 20.1 Å². The molecule has 9 heteroatoms. The lowest BCUT2D eigenvalue weighted by Crippen LogP contribution is -2.46. The smallest absolute Gasteiger partial charge is 0.253 e. The molecule has 0 saturated carbocycles. The largest absolute Gasteiger partial charge is 0.394 e. The number of ether oxygens (including phenoxy) is 1. The molecule has 0 spiro atoms. The number of nitrogens with one attached hydrogen (secondary N) is 1. The van der Waals surface area contributed by atoms with E-state index in [0.29, 0.717) is 10.6 Å². The Morgan fingerprint density at radius 1 is 1.30 bits per heavy atom. The van der Waals surface area contributed by atoms with E-state index < -0.39 is 43.1 Å². The molecular weight excluding hydrogens is 344 g/mol. The van der Waals surface area contributed by atoms with Crippen molar-refractivity contribution in [3.8, 4) is 0 Å². The molecule has 2 saturated heterocycles. The van der Waals surface area contributed by atoms with Gasteiger partial charge in [0.25, 0.3) is 5.91 Å². The maximum atomic E-state index is 12.3. The molecule has 5 atom stereocenters. The minimum atomic E-state index is -1.33. The number of amides is 1. The maximum Gasteiger partial charge on any atom is 0.253 e. The molecule has 2 aliphatic rings. The van der Waals surface area contributed by atoms with Crippen molar-refractivity contribution in [1.82, 2.24) is 10.2 Å². The number of carbonyl (C=O) groups excluding carboxylic acids is 1. The lowest BCUT2D eigenvalue weighted by molar-refractivity contribution is -0.126. The van der Waals surface area contributed by atoms with Gasteiger partial charge in [-0.25, -0.2) is 0 Å². The lowest BCUT2D eigenvalue weighted by Gasteiger charge is -2.31. The number of rotatable bonds is 3. The van der Waals surface area contributed by atoms with Crippen LogP contribution in [0.4, 0.5) is 0 Å². The highest BCUT2D eigenvalue weighted by Gasteiger charge is 2.51. The normalized spacial score (nSPS) is 34.1. The second-order valence-corrected chi connectivity index (χ2v) is 6.15. The first-order valence-corrected chi connectivity index (χ1v) is 7.74. The van der Waals surface area contributed by atoms with Crippen LogP contribution in [-0.2, 0) is 9.53 Å². The molecule has 1 aromatic rings. The quantitative estimate of drug-likeness (QED) is 0.542. The summed E-state index contributed by atoms with van der Waals surface area (Å²) >= 11 is 11.3. The van der Waals surface area contributed by atoms with Gasteiger partial charge in [-0.2, -0.15) is 0 Å². The summed E-state index contributed by atoms with van der Waals surface area (Å²) in [6.07, 6.45) is -4.64. The average molecular weight is 359 g/mol. The second-order valence-electron chi connectivity index (χ2n) is 5.35. The molecular formula is C14H15ClN2O5S. The number of thiocarbonyl (C=S) groups is 1. The van der Waals surface area contributed by atoms with Gasteiger partial charge in [0.2, 0.25) is 0 Å². The molecule has 0 aromatic heterocycles. The molecule has 23 heavy (non-hydrogen) atoms. The van der Waals surface area contributed by atoms with Gasteiger partial charge < -0.3 is 30.3 Å². The first kappa shape index (κ1) is 16.6. The van der Waals surface area contributed by atoms with E-state index in [0.717, 1.165) is 0 Å².